The van der Waals surface area contributed by atoms with E-state index in [1.807, 2.05) is 50.2 Å². The minimum absolute atomic E-state index is 0.295. The van der Waals surface area contributed by atoms with Crippen molar-refractivity contribution in [2.75, 3.05) is 6.61 Å². The average molecular weight is 309 g/mol. The number of nitrogens with zero attached hydrogens (tertiary/aromatic N) is 1. The van der Waals surface area contributed by atoms with Gasteiger partial charge in [0, 0.05) is 24.9 Å². The summed E-state index contributed by atoms with van der Waals surface area (Å²) in [6, 6.07) is 20.5. The number of esters is 1. The van der Waals surface area contributed by atoms with Crippen molar-refractivity contribution in [3.8, 4) is 0 Å². The van der Waals surface area contributed by atoms with Crippen LogP contribution in [0.25, 0.3) is 0 Å². The largest absolute Gasteiger partial charge is 0.463 e. The molecule has 0 saturated heterocycles. The highest BCUT2D eigenvalue weighted by molar-refractivity contribution is 5.82. The van der Waals surface area contributed by atoms with Gasteiger partial charge in [-0.2, -0.15) is 0 Å². The zero-order valence-electron chi connectivity index (χ0n) is 13.7. The zero-order valence-corrected chi connectivity index (χ0v) is 13.7. The van der Waals surface area contributed by atoms with Crippen LogP contribution < -0.4 is 0 Å². The first kappa shape index (κ1) is 16.8. The summed E-state index contributed by atoms with van der Waals surface area (Å²) in [6.07, 6.45) is 1.56. The van der Waals surface area contributed by atoms with Gasteiger partial charge in [0.05, 0.1) is 6.61 Å². The van der Waals surface area contributed by atoms with Gasteiger partial charge in [-0.25, -0.2) is 4.79 Å². The molecule has 2 aromatic rings. The van der Waals surface area contributed by atoms with Crippen LogP contribution in [0.1, 0.15) is 25.0 Å². The number of rotatable bonds is 7. The van der Waals surface area contributed by atoms with Crippen molar-refractivity contribution in [1.29, 1.82) is 0 Å². The minimum atomic E-state index is -0.295. The number of carbonyl (C=O) groups is 1. The fourth-order valence-electron chi connectivity index (χ4n) is 2.36. The Morgan fingerprint density at radius 3 is 1.87 bits per heavy atom. The Hall–Kier alpha value is -2.55. The van der Waals surface area contributed by atoms with E-state index in [0.29, 0.717) is 6.61 Å². The van der Waals surface area contributed by atoms with Crippen molar-refractivity contribution >= 4 is 5.97 Å². The molecule has 0 bridgehead atoms. The highest BCUT2D eigenvalue weighted by Gasteiger charge is 2.10. The maximum absolute atomic E-state index is 11.7. The predicted octanol–water partition coefficient (Wildman–Crippen LogP) is 4.16. The van der Waals surface area contributed by atoms with Crippen molar-refractivity contribution in [3.05, 3.63) is 83.6 Å². The Labute approximate surface area is 138 Å². The molecule has 120 valence electrons. The maximum atomic E-state index is 11.7. The number of ether oxygens (including phenoxy) is 1. The average Bonchev–Trinajstić information content (AvgIpc) is 2.56. The van der Waals surface area contributed by atoms with Gasteiger partial charge in [0.25, 0.3) is 0 Å². The molecule has 3 heteroatoms. The Kier molecular flexibility index (Phi) is 6.42. The summed E-state index contributed by atoms with van der Waals surface area (Å²) in [7, 11) is 0. The van der Waals surface area contributed by atoms with E-state index in [4.69, 9.17) is 4.74 Å². The van der Waals surface area contributed by atoms with E-state index >= 15 is 0 Å². The highest BCUT2D eigenvalue weighted by Crippen LogP contribution is 2.15. The molecule has 2 rings (SSSR count). The minimum Gasteiger partial charge on any atom is -0.463 e. The summed E-state index contributed by atoms with van der Waals surface area (Å²) >= 11 is 0. The summed E-state index contributed by atoms with van der Waals surface area (Å²) in [5, 5.41) is 0. The van der Waals surface area contributed by atoms with E-state index in [1.54, 1.807) is 6.08 Å². The van der Waals surface area contributed by atoms with E-state index in [1.165, 1.54) is 11.1 Å². The number of benzene rings is 2. The van der Waals surface area contributed by atoms with Crippen molar-refractivity contribution in [3.63, 3.8) is 0 Å². The molecule has 0 amide bonds. The number of hydrogen-bond acceptors (Lipinski definition) is 3. The van der Waals surface area contributed by atoms with E-state index in [2.05, 4.69) is 29.2 Å². The maximum Gasteiger partial charge on any atom is 0.332 e. The fourth-order valence-corrected chi connectivity index (χ4v) is 2.36. The third-order valence-corrected chi connectivity index (χ3v) is 3.54. The molecular formula is C20H23NO2. The number of hydrogen-bond donors (Lipinski definition) is 0. The van der Waals surface area contributed by atoms with Crippen LogP contribution in [0.5, 0.6) is 0 Å². The monoisotopic (exact) mass is 309 g/mol. The van der Waals surface area contributed by atoms with Crippen LogP contribution in [0.4, 0.5) is 0 Å². The van der Waals surface area contributed by atoms with Crippen molar-refractivity contribution in [2.24, 2.45) is 0 Å². The molecule has 0 atom stereocenters. The Morgan fingerprint density at radius 1 is 0.957 bits per heavy atom. The number of allylic oxidation sites excluding steroid dienone is 1. The Balaban J connectivity index is 2.18. The molecule has 0 N–H and O–H groups in total. The van der Waals surface area contributed by atoms with Crippen LogP contribution in [-0.4, -0.2) is 17.5 Å². The third-order valence-electron chi connectivity index (χ3n) is 3.54. The molecule has 0 saturated carbocycles. The normalized spacial score (nSPS) is 11.1. The van der Waals surface area contributed by atoms with Gasteiger partial charge in [0.2, 0.25) is 0 Å². The van der Waals surface area contributed by atoms with Gasteiger partial charge in [-0.1, -0.05) is 60.7 Å². The number of carbonyl (C=O) groups excluding carboxylic acids is 1. The second kappa shape index (κ2) is 8.79. The van der Waals surface area contributed by atoms with Crippen molar-refractivity contribution in [2.45, 2.75) is 26.9 Å². The first-order chi connectivity index (χ1) is 11.2. The summed E-state index contributed by atoms with van der Waals surface area (Å²) < 4.78 is 5.02. The molecule has 0 aliphatic carbocycles. The van der Waals surface area contributed by atoms with Crippen LogP contribution in [0, 0.1) is 0 Å². The molecule has 0 fully saturated rings. The van der Waals surface area contributed by atoms with Gasteiger partial charge >= 0.3 is 5.97 Å². The first-order valence-electron chi connectivity index (χ1n) is 7.87. The van der Waals surface area contributed by atoms with E-state index in [0.717, 1.165) is 18.8 Å². The van der Waals surface area contributed by atoms with Gasteiger partial charge in [-0.3, -0.25) is 0 Å². The second-order valence-corrected chi connectivity index (χ2v) is 5.37. The molecule has 0 aliphatic rings. The molecule has 0 radical (unpaired) electrons. The van der Waals surface area contributed by atoms with Gasteiger partial charge in [0.1, 0.15) is 0 Å². The van der Waals surface area contributed by atoms with Crippen LogP contribution >= 0.6 is 0 Å². The van der Waals surface area contributed by atoms with Gasteiger partial charge in [-0.15, -0.1) is 0 Å². The molecule has 2 aromatic carbocycles. The molecule has 23 heavy (non-hydrogen) atoms. The summed E-state index contributed by atoms with van der Waals surface area (Å²) in [5.41, 5.74) is 3.32. The van der Waals surface area contributed by atoms with Gasteiger partial charge in [-0.05, 0) is 25.0 Å². The van der Waals surface area contributed by atoms with E-state index < -0.39 is 0 Å². The summed E-state index contributed by atoms with van der Waals surface area (Å²) in [4.78, 5) is 13.9. The first-order valence-corrected chi connectivity index (χ1v) is 7.87. The van der Waals surface area contributed by atoms with Crippen LogP contribution in [0.15, 0.2) is 72.4 Å². The quantitative estimate of drug-likeness (QED) is 0.568. The lowest BCUT2D eigenvalue weighted by Gasteiger charge is -2.25. The smallest absolute Gasteiger partial charge is 0.332 e. The predicted molar refractivity (Wildman–Crippen MR) is 92.5 cm³/mol. The molecule has 0 aliphatic heterocycles. The standard InChI is InChI=1S/C20H23NO2/c1-3-23-20(22)14-17(2)21(15-18-10-6-4-7-11-18)16-19-12-8-5-9-13-19/h4-14H,3,15-16H2,1-2H3/b17-14+. The Bertz CT molecular complexity index is 594. The zero-order chi connectivity index (χ0) is 16.5. The van der Waals surface area contributed by atoms with E-state index in [-0.39, 0.29) is 5.97 Å². The molecule has 0 unspecified atom stereocenters. The van der Waals surface area contributed by atoms with Crippen molar-refractivity contribution in [1.82, 2.24) is 4.90 Å². The van der Waals surface area contributed by atoms with Gasteiger partial charge in [0.15, 0.2) is 0 Å². The van der Waals surface area contributed by atoms with Crippen LogP contribution in [-0.2, 0) is 22.6 Å². The Morgan fingerprint density at radius 2 is 1.43 bits per heavy atom. The molecular weight excluding hydrogens is 286 g/mol. The molecule has 0 heterocycles. The lowest BCUT2D eigenvalue weighted by molar-refractivity contribution is -0.137. The summed E-state index contributed by atoms with van der Waals surface area (Å²) in [5.74, 6) is -0.295. The topological polar surface area (TPSA) is 29.5 Å². The molecule has 0 spiro atoms. The lowest BCUT2D eigenvalue weighted by atomic mass is 10.1. The lowest BCUT2D eigenvalue weighted by Crippen LogP contribution is -2.22. The second-order valence-electron chi connectivity index (χ2n) is 5.37. The van der Waals surface area contributed by atoms with E-state index in [9.17, 15) is 4.79 Å². The fraction of sp³-hybridized carbons (Fsp3) is 0.250. The third kappa shape index (κ3) is 5.62. The van der Waals surface area contributed by atoms with Crippen LogP contribution in [0.2, 0.25) is 0 Å². The molecule has 0 aromatic heterocycles. The molecule has 3 nitrogen and oxygen atoms in total. The van der Waals surface area contributed by atoms with Crippen molar-refractivity contribution < 1.29 is 9.53 Å². The van der Waals surface area contributed by atoms with Crippen LogP contribution in [0.3, 0.4) is 0 Å². The summed E-state index contributed by atoms with van der Waals surface area (Å²) in [6.45, 7) is 5.64. The highest BCUT2D eigenvalue weighted by atomic mass is 16.5. The SMILES string of the molecule is CCOC(=O)/C=C(\C)N(Cc1ccccc1)Cc1ccccc1. The van der Waals surface area contributed by atoms with Gasteiger partial charge < -0.3 is 9.64 Å².